The molecule has 0 unspecified atom stereocenters. The second-order valence-corrected chi connectivity index (χ2v) is 4.94. The normalized spacial score (nSPS) is 19.9. The van der Waals surface area contributed by atoms with Crippen LogP contribution < -0.4 is 5.73 Å². The molecule has 0 radical (unpaired) electrons. The number of rotatable bonds is 3. The molecular formula is C13H15F4NO. The van der Waals surface area contributed by atoms with Crippen LogP contribution in [0.25, 0.3) is 0 Å². The highest BCUT2D eigenvalue weighted by molar-refractivity contribution is 5.29. The molecule has 6 heteroatoms. The lowest BCUT2D eigenvalue weighted by Crippen LogP contribution is -2.37. The SMILES string of the molecule is N[C@H](c1ccc(C(F)(F)F)cc1F)[C@@H](O)C1CCC1. The van der Waals surface area contributed by atoms with Crippen LogP contribution in [0.2, 0.25) is 0 Å². The Morgan fingerprint density at radius 3 is 2.32 bits per heavy atom. The number of alkyl halides is 3. The minimum absolute atomic E-state index is 0.0108. The Morgan fingerprint density at radius 2 is 1.89 bits per heavy atom. The van der Waals surface area contributed by atoms with E-state index in [9.17, 15) is 22.7 Å². The average molecular weight is 277 g/mol. The van der Waals surface area contributed by atoms with Gasteiger partial charge in [-0.15, -0.1) is 0 Å². The third kappa shape index (κ3) is 2.90. The van der Waals surface area contributed by atoms with Crippen molar-refractivity contribution in [2.24, 2.45) is 11.7 Å². The van der Waals surface area contributed by atoms with Crippen molar-refractivity contribution in [1.82, 2.24) is 0 Å². The summed E-state index contributed by atoms with van der Waals surface area (Å²) in [6.45, 7) is 0. The number of aliphatic hydroxyl groups is 1. The molecule has 2 rings (SSSR count). The third-order valence-electron chi connectivity index (χ3n) is 3.69. The molecule has 0 aromatic heterocycles. The molecule has 106 valence electrons. The fraction of sp³-hybridized carbons (Fsp3) is 0.538. The van der Waals surface area contributed by atoms with Crippen molar-refractivity contribution in [2.45, 2.75) is 37.6 Å². The summed E-state index contributed by atoms with van der Waals surface area (Å²) >= 11 is 0. The standard InChI is InChI=1S/C13H15F4NO/c14-10-6-8(13(15,16)17)4-5-9(10)11(18)12(19)7-2-1-3-7/h4-7,11-12,19H,1-3,18H2/t11-,12+/m1/s1. The monoisotopic (exact) mass is 277 g/mol. The molecule has 0 heterocycles. The van der Waals surface area contributed by atoms with Crippen molar-refractivity contribution in [3.8, 4) is 0 Å². The Kier molecular flexibility index (Phi) is 3.82. The van der Waals surface area contributed by atoms with Gasteiger partial charge >= 0.3 is 6.18 Å². The largest absolute Gasteiger partial charge is 0.416 e. The maximum absolute atomic E-state index is 13.7. The van der Waals surface area contributed by atoms with Crippen molar-refractivity contribution in [3.63, 3.8) is 0 Å². The molecule has 3 N–H and O–H groups in total. The number of halogens is 4. The first-order valence-corrected chi connectivity index (χ1v) is 6.11. The maximum atomic E-state index is 13.7. The van der Waals surface area contributed by atoms with Crippen molar-refractivity contribution >= 4 is 0 Å². The van der Waals surface area contributed by atoms with Gasteiger partial charge in [-0.1, -0.05) is 12.5 Å². The first-order chi connectivity index (χ1) is 8.80. The maximum Gasteiger partial charge on any atom is 0.416 e. The van der Waals surface area contributed by atoms with Gasteiger partial charge in [-0.2, -0.15) is 13.2 Å². The summed E-state index contributed by atoms with van der Waals surface area (Å²) in [6, 6.07) is 1.21. The zero-order valence-corrected chi connectivity index (χ0v) is 10.1. The number of hydrogen-bond donors (Lipinski definition) is 2. The van der Waals surface area contributed by atoms with E-state index in [-0.39, 0.29) is 11.5 Å². The van der Waals surface area contributed by atoms with E-state index in [0.717, 1.165) is 31.4 Å². The minimum atomic E-state index is -4.59. The zero-order valence-electron chi connectivity index (χ0n) is 10.1. The molecule has 0 aliphatic heterocycles. The molecule has 1 aromatic rings. The van der Waals surface area contributed by atoms with Crippen LogP contribution in [0.1, 0.15) is 36.4 Å². The van der Waals surface area contributed by atoms with E-state index in [0.29, 0.717) is 6.07 Å². The van der Waals surface area contributed by atoms with Crippen molar-refractivity contribution in [2.75, 3.05) is 0 Å². The van der Waals surface area contributed by atoms with E-state index in [2.05, 4.69) is 0 Å². The molecular weight excluding hydrogens is 262 g/mol. The van der Waals surface area contributed by atoms with Crippen LogP contribution >= 0.6 is 0 Å². The summed E-state index contributed by atoms with van der Waals surface area (Å²) in [4.78, 5) is 0. The van der Waals surface area contributed by atoms with Crippen LogP contribution in [-0.2, 0) is 6.18 Å². The predicted octanol–water partition coefficient (Wildman–Crippen LogP) is 3.01. The Balaban J connectivity index is 2.20. The Morgan fingerprint density at radius 1 is 1.26 bits per heavy atom. The van der Waals surface area contributed by atoms with Crippen LogP contribution in [0.15, 0.2) is 18.2 Å². The number of benzene rings is 1. The highest BCUT2D eigenvalue weighted by Crippen LogP contribution is 2.36. The zero-order chi connectivity index (χ0) is 14.2. The van der Waals surface area contributed by atoms with Gasteiger partial charge in [0.25, 0.3) is 0 Å². The summed E-state index contributed by atoms with van der Waals surface area (Å²) in [5, 5.41) is 9.93. The molecule has 1 saturated carbocycles. The number of hydrogen-bond acceptors (Lipinski definition) is 2. The number of nitrogens with two attached hydrogens (primary N) is 1. The lowest BCUT2D eigenvalue weighted by molar-refractivity contribution is -0.137. The lowest BCUT2D eigenvalue weighted by atomic mass is 9.77. The quantitative estimate of drug-likeness (QED) is 0.834. The average Bonchev–Trinajstić information content (AvgIpc) is 2.24. The van der Waals surface area contributed by atoms with Crippen molar-refractivity contribution in [3.05, 3.63) is 35.1 Å². The second-order valence-electron chi connectivity index (χ2n) is 4.94. The molecule has 1 aromatic carbocycles. The van der Waals surface area contributed by atoms with E-state index in [1.807, 2.05) is 0 Å². The van der Waals surface area contributed by atoms with Crippen LogP contribution in [0.5, 0.6) is 0 Å². The van der Waals surface area contributed by atoms with Gasteiger partial charge in [0.15, 0.2) is 0 Å². The van der Waals surface area contributed by atoms with E-state index >= 15 is 0 Å². The van der Waals surface area contributed by atoms with Gasteiger partial charge in [0, 0.05) is 5.56 Å². The van der Waals surface area contributed by atoms with Gasteiger partial charge in [0.05, 0.1) is 17.7 Å². The van der Waals surface area contributed by atoms with E-state index in [1.54, 1.807) is 0 Å². The molecule has 0 spiro atoms. The third-order valence-corrected chi connectivity index (χ3v) is 3.69. The Labute approximate surface area is 108 Å². The number of aliphatic hydroxyl groups excluding tert-OH is 1. The van der Waals surface area contributed by atoms with Crippen LogP contribution in [0, 0.1) is 11.7 Å². The first-order valence-electron chi connectivity index (χ1n) is 6.11. The van der Waals surface area contributed by atoms with E-state index in [1.165, 1.54) is 0 Å². The first kappa shape index (κ1) is 14.3. The van der Waals surface area contributed by atoms with Crippen LogP contribution in [0.3, 0.4) is 0 Å². The van der Waals surface area contributed by atoms with Crippen molar-refractivity contribution < 1.29 is 22.7 Å². The molecule has 1 aliphatic carbocycles. The van der Waals surface area contributed by atoms with Crippen LogP contribution in [0.4, 0.5) is 17.6 Å². The Bertz CT molecular complexity index is 456. The van der Waals surface area contributed by atoms with Gasteiger partial charge in [0.2, 0.25) is 0 Å². The topological polar surface area (TPSA) is 46.2 Å². The van der Waals surface area contributed by atoms with Gasteiger partial charge in [0.1, 0.15) is 5.82 Å². The molecule has 2 nitrogen and oxygen atoms in total. The summed E-state index contributed by atoms with van der Waals surface area (Å²) in [5.74, 6) is -1.02. The smallest absolute Gasteiger partial charge is 0.391 e. The molecule has 1 aliphatic rings. The van der Waals surface area contributed by atoms with Gasteiger partial charge in [-0.05, 0) is 30.9 Å². The highest BCUT2D eigenvalue weighted by Gasteiger charge is 2.34. The van der Waals surface area contributed by atoms with E-state index in [4.69, 9.17) is 5.73 Å². The molecule has 2 atom stereocenters. The summed E-state index contributed by atoms with van der Waals surface area (Å²) in [6.07, 6.45) is -2.88. The minimum Gasteiger partial charge on any atom is -0.391 e. The fourth-order valence-corrected chi connectivity index (χ4v) is 2.23. The summed E-state index contributed by atoms with van der Waals surface area (Å²) < 4.78 is 50.9. The molecule has 0 amide bonds. The summed E-state index contributed by atoms with van der Waals surface area (Å²) in [5.41, 5.74) is 4.60. The molecule has 0 bridgehead atoms. The summed E-state index contributed by atoms with van der Waals surface area (Å²) in [7, 11) is 0. The van der Waals surface area contributed by atoms with Gasteiger partial charge in [-0.3, -0.25) is 0 Å². The second kappa shape index (κ2) is 5.09. The Hall–Kier alpha value is -1.14. The molecule has 19 heavy (non-hydrogen) atoms. The van der Waals surface area contributed by atoms with Crippen molar-refractivity contribution in [1.29, 1.82) is 0 Å². The molecule has 1 fully saturated rings. The highest BCUT2D eigenvalue weighted by atomic mass is 19.4. The predicted molar refractivity (Wildman–Crippen MR) is 61.7 cm³/mol. The van der Waals surface area contributed by atoms with E-state index < -0.39 is 29.7 Å². The van der Waals surface area contributed by atoms with Gasteiger partial charge < -0.3 is 10.8 Å². The lowest BCUT2D eigenvalue weighted by Gasteiger charge is -2.34. The van der Waals surface area contributed by atoms with Gasteiger partial charge in [-0.25, -0.2) is 4.39 Å². The molecule has 0 saturated heterocycles. The van der Waals surface area contributed by atoms with Crippen LogP contribution in [-0.4, -0.2) is 11.2 Å². The fourth-order valence-electron chi connectivity index (χ4n) is 2.23.